The van der Waals surface area contributed by atoms with E-state index in [0.717, 1.165) is 22.9 Å². The fourth-order valence-electron chi connectivity index (χ4n) is 2.46. The molecule has 0 aliphatic carbocycles. The minimum Gasteiger partial charge on any atom is -0.332 e. The van der Waals surface area contributed by atoms with Crippen molar-refractivity contribution in [1.82, 2.24) is 15.1 Å². The predicted octanol–water partition coefficient (Wildman–Crippen LogP) is 1.89. The fraction of sp³-hybridized carbons (Fsp3) is 0.667. The number of carbonyl (C=O) groups is 2. The third-order valence-electron chi connectivity index (χ3n) is 3.69. The molecule has 6 nitrogen and oxygen atoms in total. The first-order chi connectivity index (χ1) is 10.3. The summed E-state index contributed by atoms with van der Waals surface area (Å²) in [6.07, 6.45) is 0.642. The van der Waals surface area contributed by atoms with E-state index in [9.17, 15) is 9.59 Å². The van der Waals surface area contributed by atoms with Crippen LogP contribution >= 0.6 is 11.8 Å². The van der Waals surface area contributed by atoms with Gasteiger partial charge in [-0.2, -0.15) is 0 Å². The number of aliphatic imine (C=N–C) groups is 1. The highest BCUT2D eigenvalue weighted by Gasteiger charge is 2.48. The first-order valence-corrected chi connectivity index (χ1v) is 8.49. The zero-order chi connectivity index (χ0) is 16.4. The van der Waals surface area contributed by atoms with Crippen LogP contribution in [0.25, 0.3) is 0 Å². The second-order valence-corrected chi connectivity index (χ2v) is 7.35. The van der Waals surface area contributed by atoms with Gasteiger partial charge in [0.1, 0.15) is 0 Å². The fourth-order valence-corrected chi connectivity index (χ4v) is 3.76. The van der Waals surface area contributed by atoms with Crippen LogP contribution in [-0.4, -0.2) is 58.5 Å². The zero-order valence-electron chi connectivity index (χ0n) is 13.6. The van der Waals surface area contributed by atoms with Crippen molar-refractivity contribution in [3.8, 4) is 0 Å². The Morgan fingerprint density at radius 2 is 2.14 bits per heavy atom. The van der Waals surface area contributed by atoms with E-state index in [-0.39, 0.29) is 5.91 Å². The van der Waals surface area contributed by atoms with Gasteiger partial charge in [0.05, 0.1) is 0 Å². The Labute approximate surface area is 136 Å². The van der Waals surface area contributed by atoms with Crippen LogP contribution in [0.5, 0.6) is 0 Å². The SMILES string of the molecule is C=C(C)CN1C(SCCC(C)C)=NC2C1C(=O)NC(=O)N2C. The predicted molar refractivity (Wildman–Crippen MR) is 89.7 cm³/mol. The summed E-state index contributed by atoms with van der Waals surface area (Å²) in [4.78, 5) is 32.1. The topological polar surface area (TPSA) is 65.0 Å². The largest absolute Gasteiger partial charge is 0.332 e. The van der Waals surface area contributed by atoms with Gasteiger partial charge in [-0.25, -0.2) is 9.79 Å². The number of urea groups is 1. The maximum absolute atomic E-state index is 12.2. The van der Waals surface area contributed by atoms with Gasteiger partial charge in [0.15, 0.2) is 17.4 Å². The molecule has 2 atom stereocenters. The highest BCUT2D eigenvalue weighted by atomic mass is 32.2. The van der Waals surface area contributed by atoms with Crippen LogP contribution < -0.4 is 5.32 Å². The summed E-state index contributed by atoms with van der Waals surface area (Å²) in [5.74, 6) is 1.29. The molecule has 2 aliphatic heterocycles. The maximum Gasteiger partial charge on any atom is 0.325 e. The van der Waals surface area contributed by atoms with E-state index in [0.29, 0.717) is 12.5 Å². The summed E-state index contributed by atoms with van der Waals surface area (Å²) in [5.41, 5.74) is 0.963. The lowest BCUT2D eigenvalue weighted by Crippen LogP contribution is -2.63. The van der Waals surface area contributed by atoms with E-state index in [1.165, 1.54) is 4.90 Å². The molecule has 0 aromatic heterocycles. The number of amides is 3. The number of hydrogen-bond acceptors (Lipinski definition) is 5. The van der Waals surface area contributed by atoms with Crippen molar-refractivity contribution in [2.45, 2.75) is 39.4 Å². The van der Waals surface area contributed by atoms with Gasteiger partial charge >= 0.3 is 6.03 Å². The summed E-state index contributed by atoms with van der Waals surface area (Å²) in [5, 5.41) is 3.22. The number of rotatable bonds is 5. The van der Waals surface area contributed by atoms with Gasteiger partial charge in [-0.3, -0.25) is 10.1 Å². The van der Waals surface area contributed by atoms with Gasteiger partial charge in [0.2, 0.25) is 0 Å². The van der Waals surface area contributed by atoms with Crippen LogP contribution in [0.4, 0.5) is 4.79 Å². The number of fused-ring (bicyclic) bond motifs is 1. The van der Waals surface area contributed by atoms with Gasteiger partial charge in [-0.05, 0) is 19.3 Å². The van der Waals surface area contributed by atoms with E-state index < -0.39 is 18.2 Å². The van der Waals surface area contributed by atoms with E-state index in [1.807, 2.05) is 11.8 Å². The van der Waals surface area contributed by atoms with Crippen molar-refractivity contribution in [3.05, 3.63) is 12.2 Å². The lowest BCUT2D eigenvalue weighted by molar-refractivity contribution is -0.126. The molecule has 22 heavy (non-hydrogen) atoms. The van der Waals surface area contributed by atoms with E-state index in [4.69, 9.17) is 0 Å². The molecular weight excluding hydrogens is 300 g/mol. The number of imide groups is 1. The molecule has 7 heteroatoms. The van der Waals surface area contributed by atoms with Crippen molar-refractivity contribution in [2.75, 3.05) is 19.3 Å². The zero-order valence-corrected chi connectivity index (χ0v) is 14.4. The first kappa shape index (κ1) is 16.9. The molecule has 1 saturated heterocycles. The van der Waals surface area contributed by atoms with Gasteiger partial charge in [-0.15, -0.1) is 0 Å². The van der Waals surface area contributed by atoms with Crippen LogP contribution in [0.3, 0.4) is 0 Å². The summed E-state index contributed by atoms with van der Waals surface area (Å²) in [7, 11) is 1.67. The van der Waals surface area contributed by atoms with Crippen molar-refractivity contribution in [2.24, 2.45) is 10.9 Å². The monoisotopic (exact) mass is 324 g/mol. The number of nitrogens with one attached hydrogen (secondary N) is 1. The molecule has 0 spiro atoms. The highest BCUT2D eigenvalue weighted by Crippen LogP contribution is 2.29. The minimum absolute atomic E-state index is 0.280. The number of amidine groups is 1. The highest BCUT2D eigenvalue weighted by molar-refractivity contribution is 8.13. The van der Waals surface area contributed by atoms with Crippen LogP contribution in [0.15, 0.2) is 17.1 Å². The molecule has 0 radical (unpaired) electrons. The second-order valence-electron chi connectivity index (χ2n) is 6.29. The lowest BCUT2D eigenvalue weighted by Gasteiger charge is -2.36. The average Bonchev–Trinajstić information content (AvgIpc) is 2.74. The normalized spacial score (nSPS) is 24.5. The lowest BCUT2D eigenvalue weighted by atomic mass is 10.1. The maximum atomic E-state index is 12.2. The van der Waals surface area contributed by atoms with Crippen molar-refractivity contribution < 1.29 is 9.59 Å². The number of carbonyl (C=O) groups excluding carboxylic acids is 2. The molecule has 1 N–H and O–H groups in total. The quantitative estimate of drug-likeness (QED) is 0.784. The Morgan fingerprint density at radius 1 is 1.45 bits per heavy atom. The third-order valence-corrected chi connectivity index (χ3v) is 4.73. The van der Waals surface area contributed by atoms with Crippen molar-refractivity contribution >= 4 is 28.9 Å². The molecule has 2 rings (SSSR count). The second kappa shape index (κ2) is 6.73. The molecule has 0 aromatic rings. The van der Waals surface area contributed by atoms with E-state index in [1.54, 1.807) is 18.8 Å². The molecule has 122 valence electrons. The smallest absolute Gasteiger partial charge is 0.325 e. The Bertz CT molecular complexity index is 518. The first-order valence-electron chi connectivity index (χ1n) is 7.50. The summed E-state index contributed by atoms with van der Waals surface area (Å²) < 4.78 is 0. The van der Waals surface area contributed by atoms with Gasteiger partial charge in [0.25, 0.3) is 5.91 Å². The third kappa shape index (κ3) is 3.45. The molecule has 0 saturated carbocycles. The number of likely N-dealkylation sites (N-methyl/N-ethyl adjacent to an activating group) is 1. The molecule has 2 heterocycles. The molecule has 0 aromatic carbocycles. The van der Waals surface area contributed by atoms with Crippen LogP contribution in [0.2, 0.25) is 0 Å². The molecular formula is C15H24N4O2S. The van der Waals surface area contributed by atoms with Gasteiger partial charge in [0, 0.05) is 19.3 Å². The van der Waals surface area contributed by atoms with Crippen molar-refractivity contribution in [3.63, 3.8) is 0 Å². The minimum atomic E-state index is -0.457. The van der Waals surface area contributed by atoms with E-state index in [2.05, 4.69) is 30.7 Å². The van der Waals surface area contributed by atoms with Crippen molar-refractivity contribution in [1.29, 1.82) is 0 Å². The van der Waals surface area contributed by atoms with Crippen LogP contribution in [-0.2, 0) is 4.79 Å². The summed E-state index contributed by atoms with van der Waals surface area (Å²) >= 11 is 1.65. The Morgan fingerprint density at radius 3 is 2.73 bits per heavy atom. The van der Waals surface area contributed by atoms with Gasteiger partial charge < -0.3 is 9.80 Å². The Kier molecular flexibility index (Phi) is 5.16. The molecule has 2 unspecified atom stereocenters. The molecule has 1 fully saturated rings. The summed E-state index contributed by atoms with van der Waals surface area (Å²) in [6, 6.07) is -0.848. The Balaban J connectivity index is 2.19. The number of nitrogens with zero attached hydrogens (tertiary/aromatic N) is 3. The number of thioether (sulfide) groups is 1. The van der Waals surface area contributed by atoms with Crippen LogP contribution in [0, 0.1) is 5.92 Å². The summed E-state index contributed by atoms with van der Waals surface area (Å²) in [6.45, 7) is 10.8. The van der Waals surface area contributed by atoms with Crippen LogP contribution in [0.1, 0.15) is 27.2 Å². The molecule has 2 aliphatic rings. The average molecular weight is 324 g/mol. The standard InChI is InChI=1S/C15H24N4O2S/c1-9(2)6-7-22-15-16-12-11(19(15)8-10(3)4)13(20)17-14(21)18(12)5/h9,11-12H,3,6-8H2,1-2,4-5H3,(H,17,20,21). The number of hydrogen-bond donors (Lipinski definition) is 1. The van der Waals surface area contributed by atoms with E-state index >= 15 is 0 Å². The Hall–Kier alpha value is -1.50. The molecule has 3 amide bonds. The van der Waals surface area contributed by atoms with Gasteiger partial charge in [-0.1, -0.05) is 37.8 Å². The molecule has 0 bridgehead atoms.